The summed E-state index contributed by atoms with van der Waals surface area (Å²) in [6, 6.07) is 6.91. The average molecular weight is 335 g/mol. The maximum atomic E-state index is 13.1. The number of nitrogens with zero attached hydrogens (tertiary/aromatic N) is 2. The molecule has 1 aromatic rings. The molecule has 2 fully saturated rings. The van der Waals surface area contributed by atoms with Gasteiger partial charge in [0.2, 0.25) is 0 Å². The highest BCUT2D eigenvalue weighted by Gasteiger charge is 2.36. The SMILES string of the molecule is CN1CCO[C@@H]2CCN(C(=O)NCCCc3cccc(F)c3)C[C@@H]21. The van der Waals surface area contributed by atoms with Crippen molar-refractivity contribution in [2.24, 2.45) is 0 Å². The highest BCUT2D eigenvalue weighted by molar-refractivity contribution is 5.74. The molecule has 0 saturated carbocycles. The number of carbonyl (C=O) groups excluding carboxylic acids is 1. The summed E-state index contributed by atoms with van der Waals surface area (Å²) in [7, 11) is 2.10. The summed E-state index contributed by atoms with van der Waals surface area (Å²) in [6.07, 6.45) is 2.71. The van der Waals surface area contributed by atoms with E-state index in [1.807, 2.05) is 11.0 Å². The number of piperidine rings is 1. The first kappa shape index (κ1) is 17.2. The summed E-state index contributed by atoms with van der Waals surface area (Å²) in [5, 5.41) is 2.98. The number of ether oxygens (including phenoxy) is 1. The molecule has 2 atom stereocenters. The molecule has 2 aliphatic heterocycles. The van der Waals surface area contributed by atoms with Crippen LogP contribution in [0.4, 0.5) is 9.18 Å². The first-order valence-electron chi connectivity index (χ1n) is 8.72. The number of likely N-dealkylation sites (N-methyl/N-ethyl adjacent to an activating group) is 1. The lowest BCUT2D eigenvalue weighted by Gasteiger charge is -2.45. The molecule has 2 aliphatic rings. The molecule has 5 nitrogen and oxygen atoms in total. The van der Waals surface area contributed by atoms with Gasteiger partial charge in [-0.2, -0.15) is 0 Å². The fourth-order valence-electron chi connectivity index (χ4n) is 3.52. The Hall–Kier alpha value is -1.66. The number of amides is 2. The molecule has 2 heterocycles. The van der Waals surface area contributed by atoms with Gasteiger partial charge in [0, 0.05) is 26.2 Å². The Morgan fingerprint density at radius 2 is 2.29 bits per heavy atom. The van der Waals surface area contributed by atoms with Crippen LogP contribution in [0.2, 0.25) is 0 Å². The summed E-state index contributed by atoms with van der Waals surface area (Å²) in [5.74, 6) is -0.210. The number of morpholine rings is 1. The number of benzene rings is 1. The van der Waals surface area contributed by atoms with Crippen LogP contribution in [0.3, 0.4) is 0 Å². The van der Waals surface area contributed by atoms with Crippen LogP contribution in [-0.4, -0.2) is 67.8 Å². The van der Waals surface area contributed by atoms with E-state index in [-0.39, 0.29) is 18.0 Å². The number of nitrogens with one attached hydrogen (secondary N) is 1. The smallest absolute Gasteiger partial charge is 0.317 e. The Bertz CT molecular complexity index is 569. The highest BCUT2D eigenvalue weighted by atomic mass is 19.1. The van der Waals surface area contributed by atoms with Gasteiger partial charge < -0.3 is 15.0 Å². The number of urea groups is 1. The van der Waals surface area contributed by atoms with Crippen LogP contribution in [0.15, 0.2) is 24.3 Å². The van der Waals surface area contributed by atoms with Gasteiger partial charge in [-0.3, -0.25) is 4.90 Å². The van der Waals surface area contributed by atoms with E-state index in [1.165, 1.54) is 6.07 Å². The second kappa shape index (κ2) is 7.94. The molecule has 0 radical (unpaired) electrons. The van der Waals surface area contributed by atoms with Crippen molar-refractivity contribution in [2.45, 2.75) is 31.4 Å². The minimum Gasteiger partial charge on any atom is -0.375 e. The maximum absolute atomic E-state index is 13.1. The normalized spacial score (nSPS) is 24.5. The Kier molecular flexibility index (Phi) is 5.68. The van der Waals surface area contributed by atoms with Gasteiger partial charge in [-0.15, -0.1) is 0 Å². The van der Waals surface area contributed by atoms with Gasteiger partial charge in [-0.05, 0) is 44.0 Å². The Morgan fingerprint density at radius 3 is 3.12 bits per heavy atom. The third-order valence-electron chi connectivity index (χ3n) is 4.96. The lowest BCUT2D eigenvalue weighted by molar-refractivity contribution is -0.0881. The molecule has 2 amide bonds. The predicted molar refractivity (Wildman–Crippen MR) is 90.5 cm³/mol. The number of carbonyl (C=O) groups is 1. The van der Waals surface area contributed by atoms with E-state index in [9.17, 15) is 9.18 Å². The number of hydrogen-bond donors (Lipinski definition) is 1. The van der Waals surface area contributed by atoms with Crippen LogP contribution in [0.5, 0.6) is 0 Å². The van der Waals surface area contributed by atoms with E-state index < -0.39 is 0 Å². The second-order valence-electron chi connectivity index (χ2n) is 6.66. The van der Waals surface area contributed by atoms with Gasteiger partial charge in [0.1, 0.15) is 5.82 Å². The number of aryl methyl sites for hydroxylation is 1. The van der Waals surface area contributed by atoms with Crippen molar-refractivity contribution in [1.29, 1.82) is 0 Å². The summed E-state index contributed by atoms with van der Waals surface area (Å²) >= 11 is 0. The molecule has 1 N–H and O–H groups in total. The van der Waals surface area contributed by atoms with Gasteiger partial charge in [-0.1, -0.05) is 12.1 Å². The summed E-state index contributed by atoms with van der Waals surface area (Å²) in [5.41, 5.74) is 0.964. The summed E-state index contributed by atoms with van der Waals surface area (Å²) in [6.45, 7) is 3.77. The molecule has 0 aliphatic carbocycles. The minimum atomic E-state index is -0.210. The lowest BCUT2D eigenvalue weighted by Crippen LogP contribution is -2.60. The van der Waals surface area contributed by atoms with E-state index >= 15 is 0 Å². The molecule has 1 aromatic carbocycles. The van der Waals surface area contributed by atoms with Crippen LogP contribution < -0.4 is 5.32 Å². The molecule has 0 unspecified atom stereocenters. The molecule has 0 bridgehead atoms. The van der Waals surface area contributed by atoms with Crippen molar-refractivity contribution >= 4 is 6.03 Å². The molecule has 132 valence electrons. The molecular formula is C18H26FN3O2. The maximum Gasteiger partial charge on any atom is 0.317 e. The topological polar surface area (TPSA) is 44.8 Å². The lowest BCUT2D eigenvalue weighted by atomic mass is 9.99. The predicted octanol–water partition coefficient (Wildman–Crippen LogP) is 1.87. The zero-order valence-corrected chi connectivity index (χ0v) is 14.2. The van der Waals surface area contributed by atoms with Crippen molar-refractivity contribution in [1.82, 2.24) is 15.1 Å². The van der Waals surface area contributed by atoms with Gasteiger partial charge >= 0.3 is 6.03 Å². The monoisotopic (exact) mass is 335 g/mol. The minimum absolute atomic E-state index is 0.00772. The zero-order valence-electron chi connectivity index (χ0n) is 14.2. The van der Waals surface area contributed by atoms with Crippen molar-refractivity contribution < 1.29 is 13.9 Å². The van der Waals surface area contributed by atoms with Crippen LogP contribution in [0.25, 0.3) is 0 Å². The highest BCUT2D eigenvalue weighted by Crippen LogP contribution is 2.21. The number of likely N-dealkylation sites (tertiary alicyclic amines) is 1. The van der Waals surface area contributed by atoms with E-state index in [2.05, 4.69) is 17.3 Å². The van der Waals surface area contributed by atoms with Crippen LogP contribution in [0, 0.1) is 5.82 Å². The van der Waals surface area contributed by atoms with Crippen molar-refractivity contribution in [3.8, 4) is 0 Å². The summed E-state index contributed by atoms with van der Waals surface area (Å²) in [4.78, 5) is 16.5. The van der Waals surface area contributed by atoms with E-state index in [0.29, 0.717) is 12.6 Å². The van der Waals surface area contributed by atoms with Crippen molar-refractivity contribution in [2.75, 3.05) is 39.8 Å². The molecule has 3 rings (SSSR count). The van der Waals surface area contributed by atoms with Crippen LogP contribution >= 0.6 is 0 Å². The molecule has 0 spiro atoms. The first-order chi connectivity index (χ1) is 11.6. The van der Waals surface area contributed by atoms with Crippen LogP contribution in [-0.2, 0) is 11.2 Å². The van der Waals surface area contributed by atoms with Gasteiger partial charge in [0.15, 0.2) is 0 Å². The Morgan fingerprint density at radius 1 is 1.42 bits per heavy atom. The van der Waals surface area contributed by atoms with Crippen LogP contribution in [0.1, 0.15) is 18.4 Å². The van der Waals surface area contributed by atoms with E-state index in [1.54, 1.807) is 12.1 Å². The molecule has 6 heteroatoms. The quantitative estimate of drug-likeness (QED) is 0.855. The second-order valence-corrected chi connectivity index (χ2v) is 6.66. The molecule has 2 saturated heterocycles. The summed E-state index contributed by atoms with van der Waals surface area (Å²) < 4.78 is 18.9. The number of halogens is 1. The average Bonchev–Trinajstić information content (AvgIpc) is 2.59. The standard InChI is InChI=1S/C18H26FN3O2/c1-21-10-11-24-17-7-9-22(13-16(17)21)18(23)20-8-3-5-14-4-2-6-15(19)12-14/h2,4,6,12,16-17H,3,5,7-11,13H2,1H3,(H,20,23)/t16-,17+/m0/s1. The number of rotatable bonds is 4. The third kappa shape index (κ3) is 4.24. The zero-order chi connectivity index (χ0) is 16.9. The molecule has 24 heavy (non-hydrogen) atoms. The third-order valence-corrected chi connectivity index (χ3v) is 4.96. The fraction of sp³-hybridized carbons (Fsp3) is 0.611. The molecule has 0 aromatic heterocycles. The van der Waals surface area contributed by atoms with Crippen molar-refractivity contribution in [3.63, 3.8) is 0 Å². The van der Waals surface area contributed by atoms with Gasteiger partial charge in [-0.25, -0.2) is 9.18 Å². The van der Waals surface area contributed by atoms with E-state index in [4.69, 9.17) is 4.74 Å². The van der Waals surface area contributed by atoms with E-state index in [0.717, 1.165) is 51.1 Å². The Balaban J connectivity index is 1.40. The van der Waals surface area contributed by atoms with Crippen molar-refractivity contribution in [3.05, 3.63) is 35.6 Å². The van der Waals surface area contributed by atoms with Gasteiger partial charge in [0.05, 0.1) is 18.8 Å². The number of hydrogen-bond acceptors (Lipinski definition) is 3. The Labute approximate surface area is 142 Å². The first-order valence-corrected chi connectivity index (χ1v) is 8.72. The largest absolute Gasteiger partial charge is 0.375 e. The van der Waals surface area contributed by atoms with Gasteiger partial charge in [0.25, 0.3) is 0 Å². The number of fused-ring (bicyclic) bond motifs is 1. The fourth-order valence-corrected chi connectivity index (χ4v) is 3.52. The molecular weight excluding hydrogens is 309 g/mol.